The van der Waals surface area contributed by atoms with E-state index in [1.54, 1.807) is 43.5 Å². The van der Waals surface area contributed by atoms with Gasteiger partial charge in [0.05, 0.1) is 12.0 Å². The number of amides is 2. The molecule has 23 heavy (non-hydrogen) atoms. The van der Waals surface area contributed by atoms with Gasteiger partial charge in [0.1, 0.15) is 11.8 Å². The molecule has 1 atom stereocenters. The monoisotopic (exact) mass is 332 g/mol. The molecular formula is C17H20N2O3S. The van der Waals surface area contributed by atoms with Crippen LogP contribution >= 0.6 is 11.3 Å². The molecule has 1 unspecified atom stereocenters. The molecule has 1 aromatic carbocycles. The van der Waals surface area contributed by atoms with Crippen molar-refractivity contribution in [2.24, 2.45) is 5.92 Å². The number of thiophene rings is 1. The minimum atomic E-state index is -0.615. The fourth-order valence-electron chi connectivity index (χ4n) is 2.08. The lowest BCUT2D eigenvalue weighted by molar-refractivity contribution is -0.118. The van der Waals surface area contributed by atoms with Crippen molar-refractivity contribution in [3.63, 3.8) is 0 Å². The van der Waals surface area contributed by atoms with Crippen LogP contribution in [0.5, 0.6) is 5.75 Å². The zero-order chi connectivity index (χ0) is 16.8. The Kier molecular flexibility index (Phi) is 5.76. The van der Waals surface area contributed by atoms with Crippen LogP contribution in [0.15, 0.2) is 41.8 Å². The number of hydrogen-bond acceptors (Lipinski definition) is 4. The van der Waals surface area contributed by atoms with Crippen molar-refractivity contribution in [2.45, 2.75) is 19.9 Å². The lowest BCUT2D eigenvalue weighted by Gasteiger charge is -2.21. The average molecular weight is 332 g/mol. The lowest BCUT2D eigenvalue weighted by atomic mass is 10.0. The normalized spacial score (nSPS) is 11.8. The summed E-state index contributed by atoms with van der Waals surface area (Å²) in [5.41, 5.74) is 0.630. The Bertz CT molecular complexity index is 668. The first-order valence-electron chi connectivity index (χ1n) is 7.30. The van der Waals surface area contributed by atoms with Gasteiger partial charge in [-0.1, -0.05) is 26.0 Å². The molecule has 0 aliphatic carbocycles. The van der Waals surface area contributed by atoms with Gasteiger partial charge < -0.3 is 15.4 Å². The first-order valence-corrected chi connectivity index (χ1v) is 8.18. The third-order valence-electron chi connectivity index (χ3n) is 3.32. The summed E-state index contributed by atoms with van der Waals surface area (Å²) in [6.07, 6.45) is 0. The van der Waals surface area contributed by atoms with Crippen molar-refractivity contribution >= 4 is 28.8 Å². The maximum absolute atomic E-state index is 12.5. The molecule has 6 heteroatoms. The second-order valence-electron chi connectivity index (χ2n) is 5.39. The molecule has 2 aromatic rings. The number of nitrogens with one attached hydrogen (secondary N) is 2. The highest BCUT2D eigenvalue weighted by atomic mass is 32.1. The van der Waals surface area contributed by atoms with E-state index in [0.717, 1.165) is 0 Å². The molecule has 2 N–H and O–H groups in total. The van der Waals surface area contributed by atoms with Crippen LogP contribution in [0, 0.1) is 5.92 Å². The first-order chi connectivity index (χ1) is 11.0. The number of anilines is 1. The molecule has 122 valence electrons. The van der Waals surface area contributed by atoms with Gasteiger partial charge in [-0.2, -0.15) is 0 Å². The summed E-state index contributed by atoms with van der Waals surface area (Å²) in [5.74, 6) is 0.133. The van der Waals surface area contributed by atoms with Crippen LogP contribution in [0.4, 0.5) is 5.69 Å². The molecule has 0 saturated heterocycles. The largest absolute Gasteiger partial charge is 0.497 e. The minimum absolute atomic E-state index is 0.0375. The molecule has 2 rings (SSSR count). The molecule has 5 nitrogen and oxygen atoms in total. The molecular weight excluding hydrogens is 312 g/mol. The van der Waals surface area contributed by atoms with Gasteiger partial charge in [0.2, 0.25) is 5.91 Å². The number of ether oxygens (including phenoxy) is 1. The third-order valence-corrected chi connectivity index (χ3v) is 4.19. The number of hydrogen-bond donors (Lipinski definition) is 2. The number of methoxy groups -OCH3 is 1. The Morgan fingerprint density at radius 2 is 1.96 bits per heavy atom. The summed E-state index contributed by atoms with van der Waals surface area (Å²) < 4.78 is 5.14. The lowest BCUT2D eigenvalue weighted by Crippen LogP contribution is -2.46. The maximum atomic E-state index is 12.5. The van der Waals surface area contributed by atoms with E-state index < -0.39 is 6.04 Å². The first kappa shape index (κ1) is 17.0. The molecule has 0 bridgehead atoms. The SMILES string of the molecule is COc1cccc(NC(=O)C(NC(=O)c2cccs2)C(C)C)c1. The molecule has 1 heterocycles. The Labute approximate surface area is 139 Å². The number of carbonyl (C=O) groups is 2. The fourth-order valence-corrected chi connectivity index (χ4v) is 2.70. The third kappa shape index (κ3) is 4.56. The van der Waals surface area contributed by atoms with Crippen LogP contribution in [-0.2, 0) is 4.79 Å². The van der Waals surface area contributed by atoms with E-state index in [2.05, 4.69) is 10.6 Å². The van der Waals surface area contributed by atoms with Crippen molar-refractivity contribution in [1.82, 2.24) is 5.32 Å². The topological polar surface area (TPSA) is 67.4 Å². The fraction of sp³-hybridized carbons (Fsp3) is 0.294. The molecule has 2 amide bonds. The van der Waals surface area contributed by atoms with Gasteiger partial charge >= 0.3 is 0 Å². The van der Waals surface area contributed by atoms with Crippen molar-refractivity contribution in [2.75, 3.05) is 12.4 Å². The second kappa shape index (κ2) is 7.78. The number of carbonyl (C=O) groups excluding carboxylic acids is 2. The zero-order valence-electron chi connectivity index (χ0n) is 13.3. The second-order valence-corrected chi connectivity index (χ2v) is 6.34. The predicted octanol–water partition coefficient (Wildman–Crippen LogP) is 3.15. The number of rotatable bonds is 6. The molecule has 1 aromatic heterocycles. The quantitative estimate of drug-likeness (QED) is 0.854. The van der Waals surface area contributed by atoms with Crippen LogP contribution < -0.4 is 15.4 Å². The summed E-state index contributed by atoms with van der Waals surface area (Å²) in [7, 11) is 1.57. The molecule has 0 aliphatic heterocycles. The summed E-state index contributed by atoms with van der Waals surface area (Å²) in [5, 5.41) is 7.44. The maximum Gasteiger partial charge on any atom is 0.262 e. The van der Waals surface area contributed by atoms with Gasteiger partial charge in [-0.15, -0.1) is 11.3 Å². The average Bonchev–Trinajstić information content (AvgIpc) is 3.06. The van der Waals surface area contributed by atoms with Gasteiger partial charge in [-0.25, -0.2) is 0 Å². The van der Waals surface area contributed by atoms with Crippen LogP contribution in [-0.4, -0.2) is 25.0 Å². The van der Waals surface area contributed by atoms with E-state index >= 15 is 0 Å². The molecule has 0 fully saturated rings. The smallest absolute Gasteiger partial charge is 0.262 e. The highest BCUT2D eigenvalue weighted by Crippen LogP contribution is 2.18. The van der Waals surface area contributed by atoms with E-state index in [1.807, 2.05) is 19.2 Å². The van der Waals surface area contributed by atoms with Gasteiger partial charge in [0.15, 0.2) is 0 Å². The molecule has 0 saturated carbocycles. The Morgan fingerprint density at radius 3 is 2.57 bits per heavy atom. The van der Waals surface area contributed by atoms with Crippen molar-refractivity contribution in [3.8, 4) is 5.75 Å². The molecule has 0 aliphatic rings. The predicted molar refractivity (Wildman–Crippen MR) is 92.0 cm³/mol. The van der Waals surface area contributed by atoms with Gasteiger partial charge in [-0.05, 0) is 29.5 Å². The van der Waals surface area contributed by atoms with Crippen LogP contribution in [0.3, 0.4) is 0 Å². The Hall–Kier alpha value is -2.34. The van der Waals surface area contributed by atoms with Crippen LogP contribution in [0.2, 0.25) is 0 Å². The van der Waals surface area contributed by atoms with Crippen LogP contribution in [0.1, 0.15) is 23.5 Å². The van der Waals surface area contributed by atoms with E-state index in [4.69, 9.17) is 4.74 Å². The Balaban J connectivity index is 2.07. The Morgan fingerprint density at radius 1 is 1.17 bits per heavy atom. The highest BCUT2D eigenvalue weighted by molar-refractivity contribution is 7.12. The summed E-state index contributed by atoms with van der Waals surface area (Å²) in [4.78, 5) is 25.3. The van der Waals surface area contributed by atoms with Gasteiger partial charge in [0, 0.05) is 11.8 Å². The van der Waals surface area contributed by atoms with Gasteiger partial charge in [-0.3, -0.25) is 9.59 Å². The van der Waals surface area contributed by atoms with E-state index in [9.17, 15) is 9.59 Å². The summed E-state index contributed by atoms with van der Waals surface area (Å²) in [6.45, 7) is 3.79. The van der Waals surface area contributed by atoms with Gasteiger partial charge in [0.25, 0.3) is 5.91 Å². The molecule has 0 spiro atoms. The number of benzene rings is 1. The van der Waals surface area contributed by atoms with E-state index in [1.165, 1.54) is 11.3 Å². The van der Waals surface area contributed by atoms with Crippen molar-refractivity contribution in [1.29, 1.82) is 0 Å². The van der Waals surface area contributed by atoms with E-state index in [-0.39, 0.29) is 17.7 Å². The zero-order valence-corrected chi connectivity index (χ0v) is 14.1. The van der Waals surface area contributed by atoms with Crippen molar-refractivity contribution < 1.29 is 14.3 Å². The standard InChI is InChI=1S/C17H20N2O3S/c1-11(2)15(19-16(20)14-8-5-9-23-14)17(21)18-12-6-4-7-13(10-12)22-3/h4-11,15H,1-3H3,(H,18,21)(H,19,20). The van der Waals surface area contributed by atoms with Crippen LogP contribution in [0.25, 0.3) is 0 Å². The van der Waals surface area contributed by atoms with E-state index in [0.29, 0.717) is 16.3 Å². The summed E-state index contributed by atoms with van der Waals surface area (Å²) >= 11 is 1.35. The summed E-state index contributed by atoms with van der Waals surface area (Å²) in [6, 6.07) is 10.0. The van der Waals surface area contributed by atoms with Crippen molar-refractivity contribution in [3.05, 3.63) is 46.7 Å². The minimum Gasteiger partial charge on any atom is -0.497 e. The highest BCUT2D eigenvalue weighted by Gasteiger charge is 2.25. The molecule has 0 radical (unpaired) electrons.